The lowest BCUT2D eigenvalue weighted by Gasteiger charge is -2.37. The van der Waals surface area contributed by atoms with Gasteiger partial charge in [-0.3, -0.25) is 0 Å². The molecule has 1 unspecified atom stereocenters. The van der Waals surface area contributed by atoms with E-state index in [0.717, 1.165) is 16.7 Å². The molecule has 0 aliphatic carbocycles. The molecule has 26 heavy (non-hydrogen) atoms. The van der Waals surface area contributed by atoms with Gasteiger partial charge < -0.3 is 19.7 Å². The van der Waals surface area contributed by atoms with Gasteiger partial charge in [0.25, 0.3) is 0 Å². The summed E-state index contributed by atoms with van der Waals surface area (Å²) in [5.74, 6) is 1.14. The Kier molecular flexibility index (Phi) is 3.09. The van der Waals surface area contributed by atoms with Crippen LogP contribution in [0.1, 0.15) is 28.5 Å². The minimum absolute atomic E-state index is 0.0607. The minimum atomic E-state index is -1.19. The van der Waals surface area contributed by atoms with Gasteiger partial charge in [-0.1, -0.05) is 41.3 Å². The van der Waals surface area contributed by atoms with Crippen LogP contribution in [0.25, 0.3) is 0 Å². The molecule has 4 nitrogen and oxygen atoms in total. The summed E-state index contributed by atoms with van der Waals surface area (Å²) in [7, 11) is 11.9. The molecule has 0 bridgehead atoms. The van der Waals surface area contributed by atoms with Gasteiger partial charge >= 0.3 is 0 Å². The molecule has 2 aliphatic rings. The fraction of sp³-hybridized carbons (Fsp3) is 0.100. The van der Waals surface area contributed by atoms with E-state index in [9.17, 15) is 10.2 Å². The van der Waals surface area contributed by atoms with Crippen molar-refractivity contribution in [2.75, 3.05) is 0 Å². The first kappa shape index (κ1) is 15.6. The third-order valence-corrected chi connectivity index (χ3v) is 4.96. The molecule has 1 spiro atoms. The van der Waals surface area contributed by atoms with Crippen LogP contribution in [-0.4, -0.2) is 25.9 Å². The van der Waals surface area contributed by atoms with Crippen LogP contribution in [0.15, 0.2) is 54.6 Å². The zero-order valence-electron chi connectivity index (χ0n) is 13.6. The summed E-state index contributed by atoms with van der Waals surface area (Å²) in [5.41, 5.74) is 2.74. The lowest BCUT2D eigenvalue weighted by Crippen LogP contribution is -2.33. The van der Waals surface area contributed by atoms with Crippen molar-refractivity contribution >= 4 is 26.6 Å². The highest BCUT2D eigenvalue weighted by atomic mass is 16.6. The summed E-state index contributed by atoms with van der Waals surface area (Å²) in [6.07, 6.45) is -1.19. The average Bonchev–Trinajstić information content (AvgIpc) is 2.87. The molecule has 4 radical (unpaired) electrons. The van der Waals surface area contributed by atoms with Gasteiger partial charge in [-0.15, -0.1) is 0 Å². The van der Waals surface area contributed by atoms with Gasteiger partial charge in [0.2, 0.25) is 0 Å². The first-order chi connectivity index (χ1) is 12.5. The van der Waals surface area contributed by atoms with E-state index in [1.807, 2.05) is 12.1 Å². The van der Waals surface area contributed by atoms with E-state index in [2.05, 4.69) is 0 Å². The summed E-state index contributed by atoms with van der Waals surface area (Å²) < 4.78 is 12.2. The van der Waals surface area contributed by atoms with Gasteiger partial charge in [0.05, 0.1) is 0 Å². The van der Waals surface area contributed by atoms with Gasteiger partial charge in [0.15, 0.2) is 11.9 Å². The Labute approximate surface area is 152 Å². The van der Waals surface area contributed by atoms with Crippen LogP contribution in [-0.2, 0) is 10.3 Å². The lowest BCUT2D eigenvalue weighted by atomic mass is 9.75. The molecule has 0 fully saturated rings. The Balaban J connectivity index is 1.89. The third-order valence-electron chi connectivity index (χ3n) is 4.96. The smallest absolute Gasteiger partial charge is 0.183 e. The summed E-state index contributed by atoms with van der Waals surface area (Å²) in [5, 5.41) is 20.4. The number of phenols is 1. The second kappa shape index (κ2) is 5.16. The van der Waals surface area contributed by atoms with Crippen molar-refractivity contribution in [2.45, 2.75) is 11.9 Å². The fourth-order valence-corrected chi connectivity index (χ4v) is 3.88. The monoisotopic (exact) mass is 338 g/mol. The molecule has 2 heterocycles. The predicted octanol–water partition coefficient (Wildman–Crippen LogP) is 1.40. The van der Waals surface area contributed by atoms with Gasteiger partial charge in [0, 0.05) is 22.3 Å². The van der Waals surface area contributed by atoms with Gasteiger partial charge in [-0.2, -0.15) is 0 Å². The van der Waals surface area contributed by atoms with Crippen molar-refractivity contribution in [3.05, 3.63) is 76.9 Å². The fourth-order valence-electron chi connectivity index (χ4n) is 3.88. The molecule has 3 aromatic rings. The number of aliphatic hydroxyl groups is 1. The number of aromatic hydroxyl groups is 1. The number of benzene rings is 3. The Morgan fingerprint density at radius 2 is 1.38 bits per heavy atom. The predicted molar refractivity (Wildman–Crippen MR) is 97.8 cm³/mol. The maximum absolute atomic E-state index is 10.6. The Hall–Kier alpha value is -2.69. The molecule has 2 aliphatic heterocycles. The molecule has 6 heteroatoms. The number of phenolic OH excluding ortho intramolecular Hbond substituents is 1. The first-order valence-electron chi connectivity index (χ1n) is 8.16. The maximum Gasteiger partial charge on any atom is 0.183 e. The van der Waals surface area contributed by atoms with E-state index in [1.165, 1.54) is 6.07 Å². The lowest BCUT2D eigenvalue weighted by molar-refractivity contribution is -0.142. The van der Waals surface area contributed by atoms with E-state index >= 15 is 0 Å². The van der Waals surface area contributed by atoms with Crippen molar-refractivity contribution in [3.63, 3.8) is 0 Å². The van der Waals surface area contributed by atoms with Crippen molar-refractivity contribution in [3.8, 4) is 17.2 Å². The highest BCUT2D eigenvalue weighted by molar-refractivity contribution is 6.32. The van der Waals surface area contributed by atoms with Crippen LogP contribution < -0.4 is 15.7 Å². The first-order valence-corrected chi connectivity index (χ1v) is 8.16. The van der Waals surface area contributed by atoms with Crippen LogP contribution in [0.2, 0.25) is 0 Å². The second-order valence-corrected chi connectivity index (χ2v) is 6.54. The van der Waals surface area contributed by atoms with Crippen molar-refractivity contribution in [1.29, 1.82) is 0 Å². The Bertz CT molecular complexity index is 1010. The average molecular weight is 338 g/mol. The summed E-state index contributed by atoms with van der Waals surface area (Å²) in [6.45, 7) is 0. The number of rotatable bonds is 0. The molecule has 122 valence electrons. The van der Waals surface area contributed by atoms with Crippen molar-refractivity contribution in [1.82, 2.24) is 0 Å². The summed E-state index contributed by atoms with van der Waals surface area (Å²) in [4.78, 5) is 0. The van der Waals surface area contributed by atoms with E-state index in [4.69, 9.17) is 25.2 Å². The second-order valence-electron chi connectivity index (χ2n) is 6.54. The van der Waals surface area contributed by atoms with Gasteiger partial charge in [-0.25, -0.2) is 0 Å². The zero-order chi connectivity index (χ0) is 18.1. The highest BCUT2D eigenvalue weighted by Crippen LogP contribution is 2.58. The van der Waals surface area contributed by atoms with E-state index in [1.54, 1.807) is 36.4 Å². The Morgan fingerprint density at radius 1 is 0.808 bits per heavy atom. The summed E-state index contributed by atoms with van der Waals surface area (Å²) in [6, 6.07) is 15.5. The molecular formula is C20H12B2O4. The van der Waals surface area contributed by atoms with Crippen molar-refractivity contribution < 1.29 is 19.7 Å². The number of hydrogen-bond acceptors (Lipinski definition) is 4. The molecule has 0 saturated carbocycles. The van der Waals surface area contributed by atoms with Crippen LogP contribution in [0, 0.1) is 0 Å². The quantitative estimate of drug-likeness (QED) is 0.609. The molecule has 0 amide bonds. The molecule has 2 N–H and O–H groups in total. The molecule has 0 aromatic heterocycles. The largest absolute Gasteiger partial charge is 0.508 e. The third kappa shape index (κ3) is 1.94. The van der Waals surface area contributed by atoms with Crippen molar-refractivity contribution in [2.24, 2.45) is 0 Å². The van der Waals surface area contributed by atoms with Gasteiger partial charge in [0.1, 0.15) is 32.9 Å². The molecule has 1 atom stereocenters. The topological polar surface area (TPSA) is 58.9 Å². The zero-order valence-corrected chi connectivity index (χ0v) is 13.6. The number of fused-ring (bicyclic) bond motifs is 6. The molecule has 3 aromatic carbocycles. The SMILES string of the molecule is [B]c1ccc2c(c1)Oc1cc([B])ccc1C21OC(O)c2cc(O)ccc21. The number of hydrogen-bond donors (Lipinski definition) is 2. The van der Waals surface area contributed by atoms with E-state index in [-0.39, 0.29) is 5.75 Å². The maximum atomic E-state index is 10.6. The molecule has 5 rings (SSSR count). The highest BCUT2D eigenvalue weighted by Gasteiger charge is 2.52. The Morgan fingerprint density at radius 3 is 2.00 bits per heavy atom. The van der Waals surface area contributed by atoms with Crippen LogP contribution in [0.4, 0.5) is 0 Å². The summed E-state index contributed by atoms with van der Waals surface area (Å²) >= 11 is 0. The van der Waals surface area contributed by atoms with Crippen LogP contribution >= 0.6 is 0 Å². The standard InChI is InChI=1S/C20H12B2O4/c21-10-1-4-15-17(7-10)25-18-8-11(22)2-5-16(18)20(15)14-6-3-12(23)9-13(14)19(24)26-20/h1-9,19,23-24H. The number of ether oxygens (including phenoxy) is 2. The number of aliphatic hydroxyl groups excluding tert-OH is 1. The van der Waals surface area contributed by atoms with E-state index in [0.29, 0.717) is 28.0 Å². The minimum Gasteiger partial charge on any atom is -0.508 e. The van der Waals surface area contributed by atoms with Crippen LogP contribution in [0.3, 0.4) is 0 Å². The van der Waals surface area contributed by atoms with Gasteiger partial charge in [-0.05, 0) is 24.3 Å². The normalized spacial score (nSPS) is 18.7. The molecular weight excluding hydrogens is 326 g/mol. The molecule has 0 saturated heterocycles. The van der Waals surface area contributed by atoms with E-state index < -0.39 is 11.9 Å². The van der Waals surface area contributed by atoms with Crippen LogP contribution in [0.5, 0.6) is 17.2 Å².